The van der Waals surface area contributed by atoms with Crippen LogP contribution in [0.25, 0.3) is 0 Å². The second-order valence-corrected chi connectivity index (χ2v) is 4.40. The molecule has 0 unspecified atom stereocenters. The minimum atomic E-state index is -3.80. The van der Waals surface area contributed by atoms with Crippen LogP contribution in [-0.2, 0) is 10.1 Å². The third-order valence-electron chi connectivity index (χ3n) is 1.03. The number of hydrogen-bond acceptors (Lipinski definition) is 4. The molecule has 9 nitrogen and oxygen atoms in total. The SMILES string of the molecule is CN(C)C(=N)N=C(N)N.NCCS(=O)(=O)O. The van der Waals surface area contributed by atoms with Gasteiger partial charge >= 0.3 is 0 Å². The Hall–Kier alpha value is -1.39. The summed E-state index contributed by atoms with van der Waals surface area (Å²) in [7, 11) is -0.421. The van der Waals surface area contributed by atoms with Crippen molar-refractivity contribution in [1.29, 1.82) is 5.41 Å². The molecule has 10 heteroatoms. The zero-order valence-electron chi connectivity index (χ0n) is 9.21. The van der Waals surface area contributed by atoms with Gasteiger partial charge in [0.15, 0.2) is 5.96 Å². The number of rotatable bonds is 2. The van der Waals surface area contributed by atoms with Crippen LogP contribution in [0.3, 0.4) is 0 Å². The van der Waals surface area contributed by atoms with E-state index in [9.17, 15) is 8.42 Å². The monoisotopic (exact) mass is 254 g/mol. The van der Waals surface area contributed by atoms with Gasteiger partial charge in [-0.15, -0.1) is 0 Å². The van der Waals surface area contributed by atoms with E-state index in [2.05, 4.69) is 4.99 Å². The maximum Gasteiger partial charge on any atom is 0.266 e. The first-order valence-electron chi connectivity index (χ1n) is 4.11. The van der Waals surface area contributed by atoms with Crippen LogP contribution in [0.1, 0.15) is 0 Å². The van der Waals surface area contributed by atoms with E-state index in [0.717, 1.165) is 0 Å². The molecule has 0 aliphatic rings. The van der Waals surface area contributed by atoms with Crippen LogP contribution >= 0.6 is 0 Å². The fourth-order valence-electron chi connectivity index (χ4n) is 0.371. The van der Waals surface area contributed by atoms with Gasteiger partial charge in [0.1, 0.15) is 0 Å². The summed E-state index contributed by atoms with van der Waals surface area (Å²) >= 11 is 0. The molecule has 96 valence electrons. The molecule has 0 aromatic rings. The average Bonchev–Trinajstić information content (AvgIpc) is 2.01. The highest BCUT2D eigenvalue weighted by molar-refractivity contribution is 7.85. The number of hydrogen-bond donors (Lipinski definition) is 5. The Kier molecular flexibility index (Phi) is 8.34. The van der Waals surface area contributed by atoms with Gasteiger partial charge in [0.25, 0.3) is 10.1 Å². The van der Waals surface area contributed by atoms with Crippen molar-refractivity contribution in [2.75, 3.05) is 26.4 Å². The lowest BCUT2D eigenvalue weighted by molar-refractivity contribution is 0.483. The summed E-state index contributed by atoms with van der Waals surface area (Å²) in [6.07, 6.45) is 0. The molecule has 0 atom stereocenters. The minimum absolute atomic E-state index is 0.0289. The largest absolute Gasteiger partial charge is 0.370 e. The normalized spacial score (nSPS) is 9.75. The number of nitrogens with one attached hydrogen (secondary N) is 1. The first-order valence-corrected chi connectivity index (χ1v) is 5.71. The van der Waals surface area contributed by atoms with Crippen molar-refractivity contribution in [3.8, 4) is 0 Å². The van der Waals surface area contributed by atoms with Crippen molar-refractivity contribution in [2.45, 2.75) is 0 Å². The first kappa shape index (κ1) is 17.0. The molecule has 0 saturated carbocycles. The molecule has 0 aliphatic heterocycles. The quantitative estimate of drug-likeness (QED) is 0.207. The lowest BCUT2D eigenvalue weighted by atomic mass is 10.8. The van der Waals surface area contributed by atoms with Crippen LogP contribution in [0, 0.1) is 5.41 Å². The summed E-state index contributed by atoms with van der Waals surface area (Å²) in [5, 5.41) is 7.05. The van der Waals surface area contributed by atoms with Crippen molar-refractivity contribution in [3.05, 3.63) is 0 Å². The smallest absolute Gasteiger partial charge is 0.266 e. The highest BCUT2D eigenvalue weighted by atomic mass is 32.2. The van der Waals surface area contributed by atoms with Crippen molar-refractivity contribution in [1.82, 2.24) is 4.90 Å². The Morgan fingerprint density at radius 3 is 1.94 bits per heavy atom. The van der Waals surface area contributed by atoms with Crippen molar-refractivity contribution < 1.29 is 13.0 Å². The standard InChI is InChI=1S/C4H11N5.C2H7NO3S/c1-9(2)4(7)8-3(5)6;3-1-2-7(4,5)6/h1-2H3,(H5,5,6,7,8);1-3H2,(H,4,5,6). The van der Waals surface area contributed by atoms with Gasteiger partial charge in [-0.3, -0.25) is 9.96 Å². The van der Waals surface area contributed by atoms with Gasteiger partial charge < -0.3 is 22.1 Å². The highest BCUT2D eigenvalue weighted by Crippen LogP contribution is 1.78. The van der Waals surface area contributed by atoms with Crippen LogP contribution in [0.2, 0.25) is 0 Å². The molecule has 0 amide bonds. The fourth-order valence-corrected chi connectivity index (χ4v) is 0.669. The van der Waals surface area contributed by atoms with Crippen LogP contribution in [0.4, 0.5) is 0 Å². The van der Waals surface area contributed by atoms with Gasteiger partial charge in [0.2, 0.25) is 5.96 Å². The Balaban J connectivity index is 0. The maximum atomic E-state index is 9.71. The molecule has 0 radical (unpaired) electrons. The molecule has 16 heavy (non-hydrogen) atoms. The summed E-state index contributed by atoms with van der Waals surface area (Å²) < 4.78 is 27.3. The van der Waals surface area contributed by atoms with Crippen LogP contribution in [-0.4, -0.2) is 56.2 Å². The Morgan fingerprint density at radius 1 is 1.44 bits per heavy atom. The first-order chi connectivity index (χ1) is 7.10. The van der Waals surface area contributed by atoms with Gasteiger partial charge in [-0.05, 0) is 0 Å². The topological polar surface area (TPSA) is 172 Å². The highest BCUT2D eigenvalue weighted by Gasteiger charge is 1.98. The molecule has 0 rings (SSSR count). The molecule has 0 aliphatic carbocycles. The second-order valence-electron chi connectivity index (χ2n) is 2.83. The van der Waals surface area contributed by atoms with Gasteiger partial charge in [-0.1, -0.05) is 0 Å². The summed E-state index contributed by atoms with van der Waals surface area (Å²) in [6, 6.07) is 0. The lowest BCUT2D eigenvalue weighted by Gasteiger charge is -2.07. The van der Waals surface area contributed by atoms with Crippen molar-refractivity contribution in [2.24, 2.45) is 22.2 Å². The van der Waals surface area contributed by atoms with Crippen molar-refractivity contribution >= 4 is 22.0 Å². The van der Waals surface area contributed by atoms with Gasteiger partial charge in [0, 0.05) is 20.6 Å². The van der Waals surface area contributed by atoms with Gasteiger partial charge in [-0.2, -0.15) is 13.4 Å². The zero-order chi connectivity index (χ0) is 13.4. The van der Waals surface area contributed by atoms with Gasteiger partial charge in [-0.25, -0.2) is 0 Å². The van der Waals surface area contributed by atoms with E-state index in [1.54, 1.807) is 14.1 Å². The predicted molar refractivity (Wildman–Crippen MR) is 62.7 cm³/mol. The summed E-state index contributed by atoms with van der Waals surface area (Å²) in [5.74, 6) is -0.392. The van der Waals surface area contributed by atoms with E-state index in [0.29, 0.717) is 0 Å². The van der Waals surface area contributed by atoms with E-state index >= 15 is 0 Å². The summed E-state index contributed by atoms with van der Waals surface area (Å²) in [4.78, 5) is 4.96. The molecule has 0 aromatic carbocycles. The molecular formula is C6H18N6O3S. The molecule has 0 spiro atoms. The number of nitrogens with two attached hydrogens (primary N) is 3. The molecule has 8 N–H and O–H groups in total. The minimum Gasteiger partial charge on any atom is -0.370 e. The van der Waals surface area contributed by atoms with Crippen molar-refractivity contribution in [3.63, 3.8) is 0 Å². The maximum absolute atomic E-state index is 9.71. The van der Waals surface area contributed by atoms with Crippen LogP contribution < -0.4 is 17.2 Å². The number of aliphatic imine (C=N–C) groups is 1. The number of guanidine groups is 2. The molecule has 0 bridgehead atoms. The molecule has 0 fully saturated rings. The fraction of sp³-hybridized carbons (Fsp3) is 0.667. The molecule has 0 saturated heterocycles. The van der Waals surface area contributed by atoms with Crippen LogP contribution in [0.15, 0.2) is 4.99 Å². The predicted octanol–water partition coefficient (Wildman–Crippen LogP) is -2.41. The third-order valence-corrected chi connectivity index (χ3v) is 1.79. The van der Waals surface area contributed by atoms with E-state index in [1.807, 2.05) is 0 Å². The van der Waals surface area contributed by atoms with E-state index < -0.39 is 10.1 Å². The summed E-state index contributed by atoms with van der Waals surface area (Å²) in [5.41, 5.74) is 14.8. The molecule has 0 aromatic heterocycles. The average molecular weight is 254 g/mol. The Labute approximate surface area is 94.6 Å². The molecular weight excluding hydrogens is 236 g/mol. The third kappa shape index (κ3) is 15.1. The van der Waals surface area contributed by atoms with E-state index in [1.165, 1.54) is 4.90 Å². The van der Waals surface area contributed by atoms with E-state index in [-0.39, 0.29) is 24.2 Å². The lowest BCUT2D eigenvalue weighted by Crippen LogP contribution is -2.28. The Bertz CT molecular complexity index is 332. The van der Waals surface area contributed by atoms with E-state index in [4.69, 9.17) is 27.2 Å². The summed E-state index contributed by atoms with van der Waals surface area (Å²) in [6.45, 7) is -0.0289. The van der Waals surface area contributed by atoms with Crippen LogP contribution in [0.5, 0.6) is 0 Å². The zero-order valence-corrected chi connectivity index (χ0v) is 10.0. The van der Waals surface area contributed by atoms with Gasteiger partial charge in [0.05, 0.1) is 5.75 Å². The Morgan fingerprint density at radius 2 is 1.88 bits per heavy atom. The molecule has 0 heterocycles. The number of nitrogens with zero attached hydrogens (tertiary/aromatic N) is 2. The second kappa shape index (κ2) is 7.84.